The Labute approximate surface area is 146 Å². The van der Waals surface area contributed by atoms with Crippen molar-refractivity contribution in [2.75, 3.05) is 6.54 Å². The molecule has 0 heterocycles. The smallest absolute Gasteiger partial charge is 0.328 e. The number of amides is 1. The van der Waals surface area contributed by atoms with Gasteiger partial charge in [0.15, 0.2) is 0 Å². The lowest BCUT2D eigenvalue weighted by Gasteiger charge is -2.24. The van der Waals surface area contributed by atoms with E-state index in [1.165, 1.54) is 38.5 Å². The first-order chi connectivity index (χ1) is 11.5. The van der Waals surface area contributed by atoms with E-state index in [2.05, 4.69) is 6.92 Å². The summed E-state index contributed by atoms with van der Waals surface area (Å²) in [5.41, 5.74) is 5.41. The molecule has 24 heavy (non-hydrogen) atoms. The number of hydrazine groups is 1. The minimum absolute atomic E-state index is 0.280. The fourth-order valence-electron chi connectivity index (χ4n) is 2.75. The third-order valence-corrected chi connectivity index (χ3v) is 4.33. The first-order valence-electron chi connectivity index (χ1n) is 9.54. The Morgan fingerprint density at radius 2 is 1.46 bits per heavy atom. The van der Waals surface area contributed by atoms with Crippen LogP contribution < -0.4 is 11.6 Å². The van der Waals surface area contributed by atoms with Crippen LogP contribution >= 0.6 is 0 Å². The molecular formula is C18H37N3O3. The van der Waals surface area contributed by atoms with Gasteiger partial charge in [0.1, 0.15) is 6.04 Å². The van der Waals surface area contributed by atoms with Crippen LogP contribution in [-0.2, 0) is 9.59 Å². The van der Waals surface area contributed by atoms with Gasteiger partial charge in [-0.2, -0.15) is 0 Å². The minimum Gasteiger partial charge on any atom is -0.480 e. The summed E-state index contributed by atoms with van der Waals surface area (Å²) < 4.78 is 0. The largest absolute Gasteiger partial charge is 0.480 e. The second kappa shape index (κ2) is 15.4. The number of hydrogen-bond acceptors (Lipinski definition) is 4. The van der Waals surface area contributed by atoms with Gasteiger partial charge in [0.05, 0.1) is 0 Å². The number of hydrogen-bond donors (Lipinski definition) is 3. The molecular weight excluding hydrogens is 306 g/mol. The van der Waals surface area contributed by atoms with Crippen molar-refractivity contribution in [3.63, 3.8) is 0 Å². The van der Waals surface area contributed by atoms with Crippen LogP contribution in [0.4, 0.5) is 0 Å². The average Bonchev–Trinajstić information content (AvgIpc) is 2.56. The molecule has 6 nitrogen and oxygen atoms in total. The van der Waals surface area contributed by atoms with Gasteiger partial charge >= 0.3 is 5.97 Å². The maximum atomic E-state index is 12.0. The lowest BCUT2D eigenvalue weighted by atomic mass is 10.1. The van der Waals surface area contributed by atoms with Crippen LogP contribution in [0.1, 0.15) is 90.4 Å². The maximum absolute atomic E-state index is 12.0. The van der Waals surface area contributed by atoms with Crippen LogP contribution in [-0.4, -0.2) is 34.6 Å². The summed E-state index contributed by atoms with van der Waals surface area (Å²) in [7, 11) is 0. The Kier molecular flexibility index (Phi) is 14.7. The van der Waals surface area contributed by atoms with Gasteiger partial charge in [0.2, 0.25) is 5.91 Å². The number of nitrogens with two attached hydrogens (primary N) is 2. The van der Waals surface area contributed by atoms with Gasteiger partial charge in [0.25, 0.3) is 0 Å². The van der Waals surface area contributed by atoms with E-state index < -0.39 is 12.0 Å². The molecule has 0 fully saturated rings. The highest BCUT2D eigenvalue weighted by molar-refractivity contribution is 5.83. The topological polar surface area (TPSA) is 110 Å². The van der Waals surface area contributed by atoms with Gasteiger partial charge in [-0.15, -0.1) is 0 Å². The summed E-state index contributed by atoms with van der Waals surface area (Å²) in [5, 5.41) is 10.1. The highest BCUT2D eigenvalue weighted by Crippen LogP contribution is 2.12. The van der Waals surface area contributed by atoms with E-state index in [-0.39, 0.29) is 5.91 Å². The van der Waals surface area contributed by atoms with Crippen LogP contribution in [0.15, 0.2) is 0 Å². The van der Waals surface area contributed by atoms with E-state index in [0.717, 1.165) is 30.7 Å². The van der Waals surface area contributed by atoms with Crippen molar-refractivity contribution in [2.45, 2.75) is 96.4 Å². The standard InChI is InChI=1S/C18H37N3O3/c1-2-3-4-5-6-7-8-9-10-14-17(22)21(20)16(18(23)24)13-11-12-15-19/h16H,2-15,19-20H2,1H3,(H,23,24). The van der Waals surface area contributed by atoms with Crippen molar-refractivity contribution in [1.82, 2.24) is 5.01 Å². The van der Waals surface area contributed by atoms with Crippen LogP contribution in [0.25, 0.3) is 0 Å². The zero-order valence-electron chi connectivity index (χ0n) is 15.3. The van der Waals surface area contributed by atoms with Gasteiger partial charge in [-0.3, -0.25) is 9.80 Å². The lowest BCUT2D eigenvalue weighted by molar-refractivity contribution is -0.151. The number of aliphatic carboxylic acids is 1. The molecule has 0 saturated heterocycles. The number of carbonyl (C=O) groups excluding carboxylic acids is 1. The Morgan fingerprint density at radius 1 is 0.917 bits per heavy atom. The van der Waals surface area contributed by atoms with E-state index in [1.54, 1.807) is 0 Å². The minimum atomic E-state index is -1.05. The quantitative estimate of drug-likeness (QED) is 0.172. The maximum Gasteiger partial charge on any atom is 0.328 e. The predicted octanol–water partition coefficient (Wildman–Crippen LogP) is 3.19. The molecule has 0 aromatic heterocycles. The molecule has 142 valence electrons. The van der Waals surface area contributed by atoms with Gasteiger partial charge in [-0.25, -0.2) is 10.6 Å². The van der Waals surface area contributed by atoms with Gasteiger partial charge < -0.3 is 10.8 Å². The number of carbonyl (C=O) groups is 2. The summed E-state index contributed by atoms with van der Waals surface area (Å²) in [6.07, 6.45) is 12.6. The molecule has 0 aliphatic carbocycles. The molecule has 0 aromatic carbocycles. The third kappa shape index (κ3) is 11.4. The molecule has 0 aliphatic rings. The molecule has 0 radical (unpaired) electrons. The van der Waals surface area contributed by atoms with Crippen LogP contribution in [0.2, 0.25) is 0 Å². The van der Waals surface area contributed by atoms with Crippen molar-refractivity contribution >= 4 is 11.9 Å². The number of unbranched alkanes of at least 4 members (excludes halogenated alkanes) is 9. The second-order valence-electron chi connectivity index (χ2n) is 6.52. The Hall–Kier alpha value is -1.14. The average molecular weight is 344 g/mol. The van der Waals surface area contributed by atoms with E-state index in [0.29, 0.717) is 25.8 Å². The van der Waals surface area contributed by atoms with Crippen molar-refractivity contribution in [3.05, 3.63) is 0 Å². The first-order valence-corrected chi connectivity index (χ1v) is 9.54. The summed E-state index contributed by atoms with van der Waals surface area (Å²) in [6, 6.07) is -0.942. The summed E-state index contributed by atoms with van der Waals surface area (Å²) in [5.74, 6) is 4.40. The van der Waals surface area contributed by atoms with Gasteiger partial charge in [-0.05, 0) is 32.2 Å². The summed E-state index contributed by atoms with van der Waals surface area (Å²) >= 11 is 0. The molecule has 0 aromatic rings. The van der Waals surface area contributed by atoms with Gasteiger partial charge in [-0.1, -0.05) is 58.3 Å². The van der Waals surface area contributed by atoms with E-state index in [1.807, 2.05) is 0 Å². The molecule has 0 aliphatic heterocycles. The molecule has 1 atom stereocenters. The molecule has 6 heteroatoms. The zero-order valence-corrected chi connectivity index (χ0v) is 15.3. The number of carboxylic acids is 1. The lowest BCUT2D eigenvalue weighted by Crippen LogP contribution is -2.49. The number of carboxylic acid groups (broad SMARTS) is 1. The van der Waals surface area contributed by atoms with Crippen molar-refractivity contribution < 1.29 is 14.7 Å². The third-order valence-electron chi connectivity index (χ3n) is 4.33. The van der Waals surface area contributed by atoms with Gasteiger partial charge in [0, 0.05) is 6.42 Å². The fraction of sp³-hybridized carbons (Fsp3) is 0.889. The Balaban J connectivity index is 3.84. The molecule has 1 unspecified atom stereocenters. The monoisotopic (exact) mass is 343 g/mol. The van der Waals surface area contributed by atoms with E-state index in [4.69, 9.17) is 11.6 Å². The summed E-state index contributed by atoms with van der Waals surface area (Å²) in [4.78, 5) is 23.3. The predicted molar refractivity (Wildman–Crippen MR) is 97.2 cm³/mol. The second-order valence-corrected chi connectivity index (χ2v) is 6.52. The highest BCUT2D eigenvalue weighted by Gasteiger charge is 2.26. The SMILES string of the molecule is CCCCCCCCCCCC(=O)N(N)C(CCCCN)C(=O)O. The molecule has 0 rings (SSSR count). The van der Waals surface area contributed by atoms with Crippen LogP contribution in [0, 0.1) is 0 Å². The Bertz CT molecular complexity index is 337. The Morgan fingerprint density at radius 3 is 1.96 bits per heavy atom. The van der Waals surface area contributed by atoms with E-state index in [9.17, 15) is 14.7 Å². The van der Waals surface area contributed by atoms with Crippen LogP contribution in [0.5, 0.6) is 0 Å². The van der Waals surface area contributed by atoms with Crippen molar-refractivity contribution in [1.29, 1.82) is 0 Å². The highest BCUT2D eigenvalue weighted by atomic mass is 16.4. The molecule has 0 bridgehead atoms. The van der Waals surface area contributed by atoms with Crippen LogP contribution in [0.3, 0.4) is 0 Å². The molecule has 0 spiro atoms. The molecule has 5 N–H and O–H groups in total. The summed E-state index contributed by atoms with van der Waals surface area (Å²) in [6.45, 7) is 2.73. The normalized spacial score (nSPS) is 12.1. The number of rotatable bonds is 16. The molecule has 1 amide bonds. The van der Waals surface area contributed by atoms with Crippen molar-refractivity contribution in [3.8, 4) is 0 Å². The van der Waals surface area contributed by atoms with E-state index >= 15 is 0 Å². The molecule has 0 saturated carbocycles. The zero-order chi connectivity index (χ0) is 18.2. The fourth-order valence-corrected chi connectivity index (χ4v) is 2.75. The van der Waals surface area contributed by atoms with Crippen molar-refractivity contribution in [2.24, 2.45) is 11.6 Å². The first kappa shape index (κ1) is 22.9. The number of nitrogens with zero attached hydrogens (tertiary/aromatic N) is 1.